The first-order chi connectivity index (χ1) is 16.0. The second kappa shape index (κ2) is 7.73. The van der Waals surface area contributed by atoms with E-state index in [2.05, 4.69) is 19.6 Å². The second-order valence-electron chi connectivity index (χ2n) is 9.11. The van der Waals surface area contributed by atoms with Crippen LogP contribution in [0.1, 0.15) is 42.6 Å². The molecule has 5 rings (SSSR count). The molecule has 1 aromatic carbocycles. The zero-order chi connectivity index (χ0) is 24.4. The van der Waals surface area contributed by atoms with E-state index >= 15 is 0 Å². The van der Waals surface area contributed by atoms with E-state index in [9.17, 15) is 22.0 Å². The molecule has 0 bridgehead atoms. The number of rotatable bonds is 7. The van der Waals surface area contributed by atoms with Gasteiger partial charge in [0.2, 0.25) is 21.9 Å². The number of halogens is 2. The number of fused-ring (bicyclic) bond motifs is 3. The molecule has 1 aliphatic carbocycles. The van der Waals surface area contributed by atoms with Gasteiger partial charge in [-0.1, -0.05) is 0 Å². The molecular weight excluding hydrogens is 470 g/mol. The Morgan fingerprint density at radius 3 is 2.74 bits per heavy atom. The number of aryl methyl sites for hydroxylation is 1. The number of amides is 1. The smallest absolute Gasteiger partial charge is 0.388 e. The fourth-order valence-corrected chi connectivity index (χ4v) is 5.72. The van der Waals surface area contributed by atoms with Gasteiger partial charge in [-0.2, -0.15) is 8.78 Å². The lowest BCUT2D eigenvalue weighted by Gasteiger charge is -2.38. The van der Waals surface area contributed by atoms with Gasteiger partial charge in [-0.3, -0.25) is 19.4 Å². The van der Waals surface area contributed by atoms with Gasteiger partial charge in [-0.15, -0.1) is 5.10 Å². The van der Waals surface area contributed by atoms with Crippen molar-refractivity contribution in [1.29, 1.82) is 0 Å². The van der Waals surface area contributed by atoms with E-state index in [0.29, 0.717) is 18.2 Å². The van der Waals surface area contributed by atoms with Crippen molar-refractivity contribution in [2.75, 3.05) is 11.4 Å². The Labute approximate surface area is 195 Å². The highest BCUT2D eigenvalue weighted by Gasteiger charge is 2.43. The number of nitrogens with zero attached hydrogens (tertiary/aromatic N) is 5. The zero-order valence-corrected chi connectivity index (χ0v) is 19.6. The largest absolute Gasteiger partial charge is 0.415 e. The molecule has 3 aliphatic rings. The van der Waals surface area contributed by atoms with Crippen molar-refractivity contribution in [3.8, 4) is 5.88 Å². The predicted molar refractivity (Wildman–Crippen MR) is 118 cm³/mol. The first-order valence-corrected chi connectivity index (χ1v) is 12.3. The highest BCUT2D eigenvalue weighted by atomic mass is 32.2. The van der Waals surface area contributed by atoms with Gasteiger partial charge in [0.05, 0.1) is 40.8 Å². The van der Waals surface area contributed by atoms with E-state index in [4.69, 9.17) is 0 Å². The third-order valence-corrected chi connectivity index (χ3v) is 7.82. The van der Waals surface area contributed by atoms with Crippen LogP contribution in [0.15, 0.2) is 34.3 Å². The topological polar surface area (TPSA) is 109 Å². The fourth-order valence-electron chi connectivity index (χ4n) is 4.22. The summed E-state index contributed by atoms with van der Waals surface area (Å²) in [5, 5.41) is 3.91. The molecule has 1 amide bonds. The molecule has 0 spiro atoms. The Bertz CT molecular complexity index is 1300. The maximum absolute atomic E-state index is 13.6. The minimum Gasteiger partial charge on any atom is -0.415 e. The van der Waals surface area contributed by atoms with Crippen LogP contribution < -0.4 is 14.4 Å². The molecule has 0 unspecified atom stereocenters. The Morgan fingerprint density at radius 2 is 2.06 bits per heavy atom. The highest BCUT2D eigenvalue weighted by molar-refractivity contribution is 7.89. The first kappa shape index (κ1) is 22.7. The molecule has 34 heavy (non-hydrogen) atoms. The normalized spacial score (nSPS) is 20.9. The number of benzene rings is 1. The molecule has 0 saturated heterocycles. The maximum atomic E-state index is 13.6. The van der Waals surface area contributed by atoms with Crippen molar-refractivity contribution in [1.82, 2.24) is 19.4 Å². The van der Waals surface area contributed by atoms with Gasteiger partial charge in [0, 0.05) is 18.8 Å². The third-order valence-electron chi connectivity index (χ3n) is 6.18. The van der Waals surface area contributed by atoms with Crippen LogP contribution in [0.3, 0.4) is 0 Å². The van der Waals surface area contributed by atoms with E-state index in [1.165, 1.54) is 27.9 Å². The number of anilines is 1. The summed E-state index contributed by atoms with van der Waals surface area (Å²) in [4.78, 5) is 21.2. The van der Waals surface area contributed by atoms with Crippen molar-refractivity contribution in [3.63, 3.8) is 0 Å². The summed E-state index contributed by atoms with van der Waals surface area (Å²) in [6.45, 7) is 0.997. The summed E-state index contributed by atoms with van der Waals surface area (Å²) in [6, 6.07) is 4.37. The molecule has 1 aromatic heterocycles. The number of alkyl halides is 2. The Morgan fingerprint density at radius 1 is 1.32 bits per heavy atom. The van der Waals surface area contributed by atoms with Crippen molar-refractivity contribution in [2.45, 2.75) is 56.3 Å². The Hall–Kier alpha value is -3.06. The van der Waals surface area contributed by atoms with Crippen molar-refractivity contribution < 1.29 is 26.7 Å². The molecular formula is C21H24F2N6O4S. The molecule has 1 saturated carbocycles. The van der Waals surface area contributed by atoms with Crippen molar-refractivity contribution >= 4 is 27.6 Å². The molecule has 2 aliphatic heterocycles. The van der Waals surface area contributed by atoms with Crippen LogP contribution in [0, 0.1) is 0 Å². The van der Waals surface area contributed by atoms with Crippen LogP contribution >= 0.6 is 0 Å². The van der Waals surface area contributed by atoms with Gasteiger partial charge in [-0.25, -0.2) is 13.1 Å². The van der Waals surface area contributed by atoms with Crippen molar-refractivity contribution in [3.05, 3.63) is 35.5 Å². The molecule has 3 heterocycles. The van der Waals surface area contributed by atoms with E-state index in [0.717, 1.165) is 12.8 Å². The van der Waals surface area contributed by atoms with Gasteiger partial charge in [-0.05, 0) is 44.9 Å². The van der Waals surface area contributed by atoms with E-state index < -0.39 is 28.1 Å². The fraction of sp³-hybridized carbons (Fsp3) is 0.476. The lowest BCUT2D eigenvalue weighted by molar-refractivity contribution is -0.0538. The number of hydrogen-bond donors (Lipinski definition) is 1. The molecule has 10 nitrogen and oxygen atoms in total. The average Bonchev–Trinajstić information content (AvgIpc) is 3.17. The van der Waals surface area contributed by atoms with Gasteiger partial charge < -0.3 is 9.64 Å². The van der Waals surface area contributed by atoms with Crippen LogP contribution in [0.4, 0.5) is 14.5 Å². The number of sulfonamides is 1. The minimum atomic E-state index is -3.83. The molecule has 1 fully saturated rings. The van der Waals surface area contributed by atoms with Gasteiger partial charge in [0.15, 0.2) is 0 Å². The van der Waals surface area contributed by atoms with Crippen LogP contribution in [-0.4, -0.2) is 59.7 Å². The Kier molecular flexibility index (Phi) is 5.17. The number of aliphatic imine (C=N–C) groups is 1. The predicted octanol–water partition coefficient (Wildman–Crippen LogP) is 2.07. The van der Waals surface area contributed by atoms with E-state index in [1.54, 1.807) is 13.1 Å². The van der Waals surface area contributed by atoms with E-state index in [1.807, 2.05) is 18.7 Å². The van der Waals surface area contributed by atoms with E-state index in [-0.39, 0.29) is 34.5 Å². The molecule has 182 valence electrons. The van der Waals surface area contributed by atoms with Gasteiger partial charge >= 0.3 is 6.61 Å². The summed E-state index contributed by atoms with van der Waals surface area (Å²) in [7, 11) is -2.27. The van der Waals surface area contributed by atoms with Gasteiger partial charge in [0.1, 0.15) is 0 Å². The van der Waals surface area contributed by atoms with Crippen LogP contribution in [0.2, 0.25) is 0 Å². The average molecular weight is 495 g/mol. The van der Waals surface area contributed by atoms with Crippen LogP contribution in [-0.2, 0) is 23.6 Å². The molecule has 13 heteroatoms. The van der Waals surface area contributed by atoms with Crippen LogP contribution in [0.25, 0.3) is 0 Å². The number of aromatic nitrogens is 2. The highest BCUT2D eigenvalue weighted by Crippen LogP contribution is 2.38. The quantitative estimate of drug-likeness (QED) is 0.631. The lowest BCUT2D eigenvalue weighted by atomic mass is 10.1. The number of carbonyl (C=O) groups excluding carboxylic acids is 1. The number of carbonyl (C=O) groups is 1. The summed E-state index contributed by atoms with van der Waals surface area (Å²) in [6.07, 6.45) is 3.00. The number of hydrogen-bond acceptors (Lipinski definition) is 7. The standard InChI is InChI=1S/C21H24F2N6O4S/c1-12-9-24-20-28(11-13-10-27(3)25-17(13)33-19(22)23)18(30)15-8-14(4-5-16(15)29(12)20)34(31,32)26-21(2)6-7-21/h4-5,8,10,12,19,26H,6-7,9,11H2,1-3H3/t12-/m1/s1. The molecule has 2 aromatic rings. The maximum Gasteiger partial charge on any atom is 0.388 e. The third kappa shape index (κ3) is 3.92. The van der Waals surface area contributed by atoms with Crippen LogP contribution in [0.5, 0.6) is 5.88 Å². The first-order valence-electron chi connectivity index (χ1n) is 10.8. The summed E-state index contributed by atoms with van der Waals surface area (Å²) >= 11 is 0. The zero-order valence-electron chi connectivity index (χ0n) is 18.8. The molecule has 0 radical (unpaired) electrons. The number of ether oxygens (including phenoxy) is 1. The van der Waals surface area contributed by atoms with Crippen molar-refractivity contribution in [2.24, 2.45) is 12.0 Å². The minimum absolute atomic E-state index is 0.0111. The SMILES string of the molecule is C[C@@H]1CN=C2N(Cc3cn(C)nc3OC(F)F)C(=O)c3cc(S(=O)(=O)NC4(C)CC4)ccc3N21. The lowest BCUT2D eigenvalue weighted by Crippen LogP contribution is -2.52. The van der Waals surface area contributed by atoms with Gasteiger partial charge in [0.25, 0.3) is 5.91 Å². The molecule has 1 atom stereocenters. The molecule has 1 N–H and O–H groups in total. The number of guanidine groups is 1. The monoisotopic (exact) mass is 494 g/mol. The summed E-state index contributed by atoms with van der Waals surface area (Å²) < 4.78 is 60.1. The summed E-state index contributed by atoms with van der Waals surface area (Å²) in [5.74, 6) is -0.399. The Balaban J connectivity index is 1.53. The second-order valence-corrected chi connectivity index (χ2v) is 10.8. The summed E-state index contributed by atoms with van der Waals surface area (Å²) in [5.41, 5.74) is 0.553. The number of nitrogens with one attached hydrogen (secondary N) is 1.